The molecule has 0 amide bonds. The van der Waals surface area contributed by atoms with Crippen LogP contribution in [0.4, 0.5) is 5.82 Å². The van der Waals surface area contributed by atoms with Gasteiger partial charge < -0.3 is 9.88 Å². The van der Waals surface area contributed by atoms with E-state index in [0.29, 0.717) is 0 Å². The molecular formula is C12H18N4. The quantitative estimate of drug-likeness (QED) is 0.851. The van der Waals surface area contributed by atoms with Crippen molar-refractivity contribution >= 4 is 5.82 Å². The summed E-state index contributed by atoms with van der Waals surface area (Å²) in [5.41, 5.74) is 2.39. The maximum atomic E-state index is 4.40. The SMILES string of the molecule is CCc1cc(NCc2cccn2C)n(C)n1. The number of hydrogen-bond donors (Lipinski definition) is 1. The predicted octanol–water partition coefficient (Wildman–Crippen LogP) is 1.93. The zero-order valence-electron chi connectivity index (χ0n) is 10.1. The highest BCUT2D eigenvalue weighted by atomic mass is 15.3. The normalized spacial score (nSPS) is 10.7. The van der Waals surface area contributed by atoms with Crippen molar-refractivity contribution in [1.29, 1.82) is 0 Å². The van der Waals surface area contributed by atoms with Crippen molar-refractivity contribution in [1.82, 2.24) is 14.3 Å². The summed E-state index contributed by atoms with van der Waals surface area (Å²) in [5, 5.41) is 7.79. The fraction of sp³-hybridized carbons (Fsp3) is 0.417. The lowest BCUT2D eigenvalue weighted by atomic mass is 10.3. The second kappa shape index (κ2) is 4.43. The number of aryl methyl sites for hydroxylation is 3. The van der Waals surface area contributed by atoms with E-state index in [9.17, 15) is 0 Å². The Morgan fingerprint density at radius 1 is 1.38 bits per heavy atom. The van der Waals surface area contributed by atoms with Crippen LogP contribution in [0.5, 0.6) is 0 Å². The molecule has 1 N–H and O–H groups in total. The van der Waals surface area contributed by atoms with E-state index in [4.69, 9.17) is 0 Å². The molecule has 0 saturated heterocycles. The second-order valence-corrected chi connectivity index (χ2v) is 3.96. The van der Waals surface area contributed by atoms with Gasteiger partial charge in [0.05, 0.1) is 12.2 Å². The van der Waals surface area contributed by atoms with Crippen molar-refractivity contribution in [2.45, 2.75) is 19.9 Å². The van der Waals surface area contributed by atoms with Crippen molar-refractivity contribution < 1.29 is 0 Å². The largest absolute Gasteiger partial charge is 0.365 e. The van der Waals surface area contributed by atoms with E-state index in [1.165, 1.54) is 5.69 Å². The number of aromatic nitrogens is 3. The van der Waals surface area contributed by atoms with Crippen LogP contribution in [0.3, 0.4) is 0 Å². The Morgan fingerprint density at radius 3 is 2.75 bits per heavy atom. The summed E-state index contributed by atoms with van der Waals surface area (Å²) in [4.78, 5) is 0. The zero-order valence-corrected chi connectivity index (χ0v) is 10.1. The van der Waals surface area contributed by atoms with E-state index in [-0.39, 0.29) is 0 Å². The summed E-state index contributed by atoms with van der Waals surface area (Å²) in [6.07, 6.45) is 3.03. The third-order valence-electron chi connectivity index (χ3n) is 2.79. The molecule has 0 unspecified atom stereocenters. The highest BCUT2D eigenvalue weighted by molar-refractivity contribution is 5.37. The lowest BCUT2D eigenvalue weighted by Gasteiger charge is -2.07. The van der Waals surface area contributed by atoms with Gasteiger partial charge in [-0.05, 0) is 18.6 Å². The Hall–Kier alpha value is -1.71. The van der Waals surface area contributed by atoms with E-state index in [0.717, 1.165) is 24.5 Å². The van der Waals surface area contributed by atoms with Crippen LogP contribution in [0.15, 0.2) is 24.4 Å². The van der Waals surface area contributed by atoms with Gasteiger partial charge in [0.15, 0.2) is 0 Å². The smallest absolute Gasteiger partial charge is 0.124 e. The lowest BCUT2D eigenvalue weighted by molar-refractivity contribution is 0.743. The first-order valence-electron chi connectivity index (χ1n) is 5.57. The van der Waals surface area contributed by atoms with Crippen LogP contribution in [0.25, 0.3) is 0 Å². The molecule has 0 aromatic carbocycles. The Kier molecular flexibility index (Phi) is 2.99. The molecule has 2 rings (SSSR count). The fourth-order valence-electron chi connectivity index (χ4n) is 1.73. The van der Waals surface area contributed by atoms with Crippen molar-refractivity contribution in [3.63, 3.8) is 0 Å². The topological polar surface area (TPSA) is 34.8 Å². The average molecular weight is 218 g/mol. The molecule has 0 radical (unpaired) electrons. The molecular weight excluding hydrogens is 200 g/mol. The minimum Gasteiger partial charge on any atom is -0.365 e. The van der Waals surface area contributed by atoms with Gasteiger partial charge in [0.25, 0.3) is 0 Å². The molecule has 0 fully saturated rings. The third kappa shape index (κ3) is 2.10. The molecule has 4 heteroatoms. The number of rotatable bonds is 4. The van der Waals surface area contributed by atoms with Crippen molar-refractivity contribution in [3.05, 3.63) is 35.8 Å². The summed E-state index contributed by atoms with van der Waals surface area (Å²) >= 11 is 0. The minimum absolute atomic E-state index is 0.826. The number of nitrogens with one attached hydrogen (secondary N) is 1. The number of nitrogens with zero attached hydrogens (tertiary/aromatic N) is 3. The molecule has 0 saturated carbocycles. The van der Waals surface area contributed by atoms with Crippen LogP contribution in [-0.2, 0) is 27.1 Å². The van der Waals surface area contributed by atoms with E-state index < -0.39 is 0 Å². The number of hydrogen-bond acceptors (Lipinski definition) is 2. The zero-order chi connectivity index (χ0) is 11.5. The predicted molar refractivity (Wildman–Crippen MR) is 65.3 cm³/mol. The summed E-state index contributed by atoms with van der Waals surface area (Å²) in [6.45, 7) is 2.94. The first-order valence-corrected chi connectivity index (χ1v) is 5.57. The van der Waals surface area contributed by atoms with Gasteiger partial charge in [0, 0.05) is 32.1 Å². The summed E-state index contributed by atoms with van der Waals surface area (Å²) in [6, 6.07) is 6.27. The van der Waals surface area contributed by atoms with Gasteiger partial charge in [-0.1, -0.05) is 6.92 Å². The van der Waals surface area contributed by atoms with Gasteiger partial charge >= 0.3 is 0 Å². The average Bonchev–Trinajstić information content (AvgIpc) is 2.82. The minimum atomic E-state index is 0.826. The van der Waals surface area contributed by atoms with Crippen LogP contribution in [0, 0.1) is 0 Å². The van der Waals surface area contributed by atoms with Gasteiger partial charge in [-0.2, -0.15) is 5.10 Å². The van der Waals surface area contributed by atoms with Crippen LogP contribution in [-0.4, -0.2) is 14.3 Å². The van der Waals surface area contributed by atoms with Crippen LogP contribution in [0.2, 0.25) is 0 Å². The van der Waals surface area contributed by atoms with Crippen LogP contribution < -0.4 is 5.32 Å². The molecule has 0 aliphatic carbocycles. The molecule has 0 bridgehead atoms. The van der Waals surface area contributed by atoms with Crippen molar-refractivity contribution in [2.75, 3.05) is 5.32 Å². The van der Waals surface area contributed by atoms with Crippen molar-refractivity contribution in [3.8, 4) is 0 Å². The molecule has 2 aromatic heterocycles. The summed E-state index contributed by atoms with van der Waals surface area (Å²) in [7, 11) is 4.02. The number of anilines is 1. The third-order valence-corrected chi connectivity index (χ3v) is 2.79. The van der Waals surface area contributed by atoms with E-state index in [1.807, 2.05) is 11.7 Å². The molecule has 16 heavy (non-hydrogen) atoms. The Balaban J connectivity index is 2.04. The Labute approximate surface area is 95.9 Å². The summed E-state index contributed by atoms with van der Waals surface area (Å²) in [5.74, 6) is 1.07. The highest BCUT2D eigenvalue weighted by Gasteiger charge is 2.03. The van der Waals surface area contributed by atoms with Gasteiger partial charge in [-0.15, -0.1) is 0 Å². The van der Waals surface area contributed by atoms with Crippen LogP contribution >= 0.6 is 0 Å². The second-order valence-electron chi connectivity index (χ2n) is 3.96. The van der Waals surface area contributed by atoms with E-state index in [1.54, 1.807) is 0 Å². The maximum absolute atomic E-state index is 4.40. The van der Waals surface area contributed by atoms with Crippen LogP contribution in [0.1, 0.15) is 18.3 Å². The molecule has 2 aromatic rings. The summed E-state index contributed by atoms with van der Waals surface area (Å²) < 4.78 is 4.01. The monoisotopic (exact) mass is 218 g/mol. The van der Waals surface area contributed by atoms with Crippen molar-refractivity contribution in [2.24, 2.45) is 14.1 Å². The van der Waals surface area contributed by atoms with E-state index in [2.05, 4.69) is 53.3 Å². The van der Waals surface area contributed by atoms with Gasteiger partial charge in [-0.25, -0.2) is 0 Å². The Morgan fingerprint density at radius 2 is 2.19 bits per heavy atom. The Bertz CT molecular complexity index is 467. The fourth-order valence-corrected chi connectivity index (χ4v) is 1.73. The molecule has 86 valence electrons. The van der Waals surface area contributed by atoms with E-state index >= 15 is 0 Å². The molecule has 2 heterocycles. The first kappa shape index (κ1) is 10.8. The molecule has 0 aliphatic heterocycles. The lowest BCUT2D eigenvalue weighted by Crippen LogP contribution is -2.07. The molecule has 0 atom stereocenters. The highest BCUT2D eigenvalue weighted by Crippen LogP contribution is 2.11. The molecule has 0 aliphatic rings. The first-order chi connectivity index (χ1) is 7.70. The standard InChI is InChI=1S/C12H18N4/c1-4-10-8-12(16(3)14-10)13-9-11-6-5-7-15(11)2/h5-8,13H,4,9H2,1-3H3. The molecule has 4 nitrogen and oxygen atoms in total. The molecule has 0 spiro atoms. The van der Waals surface area contributed by atoms with Gasteiger partial charge in [-0.3, -0.25) is 4.68 Å². The van der Waals surface area contributed by atoms with Gasteiger partial charge in [0.1, 0.15) is 5.82 Å². The maximum Gasteiger partial charge on any atom is 0.124 e. The van der Waals surface area contributed by atoms with Gasteiger partial charge in [0.2, 0.25) is 0 Å².